The van der Waals surface area contributed by atoms with E-state index < -0.39 is 168 Å². The molecule has 14 atom stereocenters. The van der Waals surface area contributed by atoms with Crippen molar-refractivity contribution in [1.82, 2.24) is 31.5 Å². The van der Waals surface area contributed by atoms with Crippen LogP contribution in [0.3, 0.4) is 0 Å². The molecule has 2 aliphatic carbocycles. The minimum Gasteiger partial charge on any atom is -0.455 e. The summed E-state index contributed by atoms with van der Waals surface area (Å²) in [5.74, 6) is -3.71. The minimum atomic E-state index is -1.99. The van der Waals surface area contributed by atoms with Crippen LogP contribution in [-0.2, 0) is 76.0 Å². The lowest BCUT2D eigenvalue weighted by atomic mass is 9.82. The molecule has 6 N–H and O–H groups in total. The molecule has 5 fully saturated rings. The van der Waals surface area contributed by atoms with E-state index in [9.17, 15) is 43.5 Å². The van der Waals surface area contributed by atoms with E-state index >= 15 is 0 Å². The zero-order chi connectivity index (χ0) is 64.5. The Labute approximate surface area is 505 Å². The first-order valence-electron chi connectivity index (χ1n) is 29.7. The number of ether oxygens (including phenoxy) is 13. The maximum absolute atomic E-state index is 14.7. The maximum atomic E-state index is 14.7. The van der Waals surface area contributed by atoms with Crippen LogP contribution in [0.5, 0.6) is 0 Å². The number of carbonyl (C=O) groups is 8. The summed E-state index contributed by atoms with van der Waals surface area (Å²) in [6.07, 6.45) is -15.5. The third-order valence-corrected chi connectivity index (χ3v) is 13.7. The molecular formula is C58H98N6O22. The molecule has 0 aromatic heterocycles. The Morgan fingerprint density at radius 1 is 0.605 bits per heavy atom. The van der Waals surface area contributed by atoms with Crippen LogP contribution in [0.1, 0.15) is 175 Å². The fraction of sp³-hybridized carbons (Fsp3) is 0.862. The van der Waals surface area contributed by atoms with E-state index in [0.717, 1.165) is 33.1 Å². The Hall–Kier alpha value is -5.52. The lowest BCUT2D eigenvalue weighted by molar-refractivity contribution is -0.389. The predicted molar refractivity (Wildman–Crippen MR) is 304 cm³/mol. The van der Waals surface area contributed by atoms with E-state index in [1.807, 2.05) is 0 Å². The van der Waals surface area contributed by atoms with Crippen LogP contribution in [0.2, 0.25) is 0 Å². The number of carbonyl (C=O) groups excluding carboxylic acids is 8. The predicted octanol–water partition coefficient (Wildman–Crippen LogP) is 5.64. The fourth-order valence-electron chi connectivity index (χ4n) is 10.5. The molecule has 6 unspecified atom stereocenters. The zero-order valence-electron chi connectivity index (χ0n) is 53.5. The molecule has 492 valence electrons. The molecule has 0 aromatic rings. The Kier molecular flexibility index (Phi) is 24.2. The number of nitrogens with zero attached hydrogens (tertiary/aromatic N) is 1. The van der Waals surface area contributed by atoms with Gasteiger partial charge in [0.15, 0.2) is 30.6 Å². The Morgan fingerprint density at radius 3 is 1.65 bits per heavy atom. The molecule has 3 aliphatic heterocycles. The first kappa shape index (κ1) is 71.2. The molecule has 3 saturated heterocycles. The van der Waals surface area contributed by atoms with Gasteiger partial charge in [-0.1, -0.05) is 6.42 Å². The van der Waals surface area contributed by atoms with Crippen molar-refractivity contribution >= 4 is 48.3 Å². The van der Waals surface area contributed by atoms with Crippen LogP contribution in [0, 0.1) is 0 Å². The largest absolute Gasteiger partial charge is 0.455 e. The molecule has 1 spiro atoms. The van der Waals surface area contributed by atoms with Gasteiger partial charge in [-0.05, 0) is 136 Å². The molecular weight excluding hydrogens is 1130 g/mol. The van der Waals surface area contributed by atoms with Crippen molar-refractivity contribution in [3.05, 3.63) is 0 Å². The van der Waals surface area contributed by atoms with Gasteiger partial charge in [-0.3, -0.25) is 14.4 Å². The Balaban J connectivity index is 1.64. The zero-order valence-corrected chi connectivity index (χ0v) is 53.5. The Morgan fingerprint density at radius 2 is 1.12 bits per heavy atom. The molecule has 0 aromatic carbocycles. The number of likely N-dealkylation sites (N-methyl/N-ethyl adjacent to an activating group) is 1. The van der Waals surface area contributed by atoms with Gasteiger partial charge in [0.05, 0.1) is 30.8 Å². The van der Waals surface area contributed by atoms with Gasteiger partial charge in [0, 0.05) is 53.2 Å². The fourth-order valence-corrected chi connectivity index (χ4v) is 10.5. The van der Waals surface area contributed by atoms with Crippen LogP contribution in [0.15, 0.2) is 0 Å². The van der Waals surface area contributed by atoms with E-state index in [0.29, 0.717) is 12.8 Å². The van der Waals surface area contributed by atoms with E-state index in [-0.39, 0.29) is 45.4 Å². The van der Waals surface area contributed by atoms with Gasteiger partial charge >= 0.3 is 42.4 Å². The number of amides is 6. The third kappa shape index (κ3) is 22.9. The minimum absolute atomic E-state index is 0.0247. The number of aliphatic hydroxyl groups is 1. The number of hydrogen-bond acceptors (Lipinski definition) is 22. The number of fused-ring (bicyclic) bond motifs is 1. The topological polar surface area (TPSA) is 340 Å². The summed E-state index contributed by atoms with van der Waals surface area (Å²) >= 11 is 0. The summed E-state index contributed by atoms with van der Waals surface area (Å²) in [4.78, 5) is 109. The summed E-state index contributed by atoms with van der Waals surface area (Å²) in [5, 5.41) is 27.0. The highest BCUT2D eigenvalue weighted by Gasteiger charge is 2.59. The van der Waals surface area contributed by atoms with Crippen molar-refractivity contribution < 1.29 is 105 Å². The van der Waals surface area contributed by atoms with Gasteiger partial charge in [0.1, 0.15) is 64.6 Å². The lowest BCUT2D eigenvalue weighted by Gasteiger charge is -2.54. The van der Waals surface area contributed by atoms with Gasteiger partial charge in [-0.2, -0.15) is 0 Å². The molecule has 2 saturated carbocycles. The monoisotopic (exact) mass is 1230 g/mol. The standard InChI is InChI=1S/C58H98N6O22/c1-31(65)75-37(24-27-59-48(69)82-53(3,4)5)45(68)60-35-28-36(62-50(71)84-55(9,10)11)42(79-46-34(61-49(70)83-54(6,7)8)23-22-33(77-46)29-64(18)52(73)86-57(15,16)17)40(67)41(35)80-47-44(76-32(2)66)39(63-51(72)85-56(12,13)14)43-38(78-47)30-74-58(81-43)25-20-19-21-26-58/h33-44,46-47,67H,19-30H2,1-18H3,(H,59,69)(H,60,68)(H,61,70)(H,62,71)(H,63,72)/t33?,34?,35-,36+,37+,38?,39+,40?,41-,42?,43+,44?,46+,47+/m1/s1. The van der Waals surface area contributed by atoms with Crippen LogP contribution < -0.4 is 26.6 Å². The average molecular weight is 1230 g/mol. The molecule has 28 nitrogen and oxygen atoms in total. The van der Waals surface area contributed by atoms with Crippen LogP contribution in [0.4, 0.5) is 24.0 Å². The number of esters is 2. The Bertz CT molecular complexity index is 2340. The van der Waals surface area contributed by atoms with Gasteiger partial charge in [0.2, 0.25) is 0 Å². The molecule has 5 aliphatic rings. The van der Waals surface area contributed by atoms with Crippen LogP contribution >= 0.6 is 0 Å². The second kappa shape index (κ2) is 29.2. The highest BCUT2D eigenvalue weighted by molar-refractivity contribution is 5.84. The highest BCUT2D eigenvalue weighted by Crippen LogP contribution is 2.43. The van der Waals surface area contributed by atoms with Crippen molar-refractivity contribution in [3.63, 3.8) is 0 Å². The number of rotatable bonds is 16. The van der Waals surface area contributed by atoms with Gasteiger partial charge in [-0.25, -0.2) is 24.0 Å². The lowest BCUT2D eigenvalue weighted by Crippen LogP contribution is -2.72. The van der Waals surface area contributed by atoms with E-state index in [1.165, 1.54) is 11.9 Å². The summed E-state index contributed by atoms with van der Waals surface area (Å²) in [6, 6.07) is -5.08. The number of nitrogens with one attached hydrogen (secondary N) is 5. The van der Waals surface area contributed by atoms with Gasteiger partial charge in [0.25, 0.3) is 5.91 Å². The summed E-state index contributed by atoms with van der Waals surface area (Å²) in [5.41, 5.74) is -4.69. The molecule has 5 rings (SSSR count). The number of aliphatic hydroxyl groups excluding tert-OH is 1. The summed E-state index contributed by atoms with van der Waals surface area (Å²) in [6.45, 7) is 26.9. The highest BCUT2D eigenvalue weighted by atomic mass is 16.8. The third-order valence-electron chi connectivity index (χ3n) is 13.7. The van der Waals surface area contributed by atoms with Crippen molar-refractivity contribution in [3.8, 4) is 0 Å². The number of alkyl carbamates (subject to hydrolysis) is 4. The van der Waals surface area contributed by atoms with Crippen LogP contribution in [0.25, 0.3) is 0 Å². The molecule has 3 heterocycles. The first-order chi connectivity index (χ1) is 39.6. The molecule has 0 bridgehead atoms. The van der Waals surface area contributed by atoms with E-state index in [2.05, 4.69) is 26.6 Å². The van der Waals surface area contributed by atoms with Crippen LogP contribution in [-0.4, -0.2) is 204 Å². The van der Waals surface area contributed by atoms with E-state index in [1.54, 1.807) is 104 Å². The van der Waals surface area contributed by atoms with Crippen molar-refractivity contribution in [2.75, 3.05) is 26.7 Å². The van der Waals surface area contributed by atoms with E-state index in [4.69, 9.17) is 61.6 Å². The summed E-state index contributed by atoms with van der Waals surface area (Å²) in [7, 11) is 1.52. The molecule has 86 heavy (non-hydrogen) atoms. The molecule has 0 radical (unpaired) electrons. The SMILES string of the molecule is CC(=O)OC1[C@H](O[C@H]2C(O)C(O[C@@H]3OC(CN(C)C(=O)OC(C)(C)C)CCC3NC(=O)OC(C)(C)C)[C@@H](NC(=O)OC(C)(C)C)C[C@H]2NC(=O)[C@H](CCNC(=O)OC(C)(C)C)OC(C)=O)OC2COC3(CCCCC3)O[C@@H]2[C@@H]1NC(=O)OC(C)(C)C. The van der Waals surface area contributed by atoms with Crippen molar-refractivity contribution in [2.24, 2.45) is 0 Å². The quantitative estimate of drug-likeness (QED) is 0.0804. The van der Waals surface area contributed by atoms with Crippen molar-refractivity contribution in [2.45, 2.75) is 295 Å². The number of hydrogen-bond donors (Lipinski definition) is 6. The average Bonchev–Trinajstić information content (AvgIpc) is 0.789. The second-order valence-corrected chi connectivity index (χ2v) is 27.6. The normalized spacial score (nSPS) is 29.0. The smallest absolute Gasteiger partial charge is 0.410 e. The first-order valence-corrected chi connectivity index (χ1v) is 29.7. The maximum Gasteiger partial charge on any atom is 0.410 e. The molecule has 28 heteroatoms. The second-order valence-electron chi connectivity index (χ2n) is 27.6. The molecule has 6 amide bonds. The van der Waals surface area contributed by atoms with Crippen molar-refractivity contribution in [1.29, 1.82) is 0 Å². The van der Waals surface area contributed by atoms with Gasteiger partial charge in [-0.15, -0.1) is 0 Å². The van der Waals surface area contributed by atoms with Gasteiger partial charge < -0.3 is 98.2 Å². The summed E-state index contributed by atoms with van der Waals surface area (Å²) < 4.78 is 79.6.